The highest BCUT2D eigenvalue weighted by Gasteiger charge is 2.19. The lowest BCUT2D eigenvalue weighted by Gasteiger charge is -2.36. The standard InChI is InChI=1S/C13H19ClN2/c1-11(12-3-5-13(14)6-4-12)16-9-7-15(2)8-10-16/h3-6,11H,7-10H2,1-2H3/t11-/m0/s1. The molecular formula is C13H19ClN2. The van der Waals surface area contributed by atoms with Gasteiger partial charge in [0.25, 0.3) is 0 Å². The van der Waals surface area contributed by atoms with E-state index in [2.05, 4.69) is 35.9 Å². The topological polar surface area (TPSA) is 6.48 Å². The van der Waals surface area contributed by atoms with Crippen LogP contribution < -0.4 is 0 Å². The van der Waals surface area contributed by atoms with Crippen LogP contribution in [0, 0.1) is 0 Å². The van der Waals surface area contributed by atoms with E-state index < -0.39 is 0 Å². The molecule has 0 aliphatic carbocycles. The number of hydrogen-bond donors (Lipinski definition) is 0. The lowest BCUT2D eigenvalue weighted by Crippen LogP contribution is -2.45. The number of likely N-dealkylation sites (N-methyl/N-ethyl adjacent to an activating group) is 1. The van der Waals surface area contributed by atoms with E-state index in [-0.39, 0.29) is 0 Å². The summed E-state index contributed by atoms with van der Waals surface area (Å²) >= 11 is 5.90. The first-order valence-corrected chi connectivity index (χ1v) is 6.22. The van der Waals surface area contributed by atoms with Crippen LogP contribution in [0.4, 0.5) is 0 Å². The Hall–Kier alpha value is -0.570. The van der Waals surface area contributed by atoms with Gasteiger partial charge in [-0.3, -0.25) is 4.90 Å². The van der Waals surface area contributed by atoms with Crippen molar-refractivity contribution in [2.45, 2.75) is 13.0 Å². The third-order valence-electron chi connectivity index (χ3n) is 3.44. The zero-order valence-electron chi connectivity index (χ0n) is 9.99. The van der Waals surface area contributed by atoms with Crippen molar-refractivity contribution in [3.8, 4) is 0 Å². The fourth-order valence-corrected chi connectivity index (χ4v) is 2.29. The minimum Gasteiger partial charge on any atom is -0.304 e. The van der Waals surface area contributed by atoms with Crippen LogP contribution in [0.5, 0.6) is 0 Å². The minimum absolute atomic E-state index is 0.492. The van der Waals surface area contributed by atoms with Crippen molar-refractivity contribution < 1.29 is 0 Å². The van der Waals surface area contributed by atoms with Gasteiger partial charge in [0.15, 0.2) is 0 Å². The summed E-state index contributed by atoms with van der Waals surface area (Å²) in [6, 6.07) is 8.70. The molecular weight excluding hydrogens is 220 g/mol. The first-order valence-electron chi connectivity index (χ1n) is 5.85. The summed E-state index contributed by atoms with van der Waals surface area (Å²) in [5.74, 6) is 0. The zero-order chi connectivity index (χ0) is 11.5. The molecule has 0 unspecified atom stereocenters. The summed E-state index contributed by atoms with van der Waals surface area (Å²) in [5, 5.41) is 0.814. The van der Waals surface area contributed by atoms with Crippen molar-refractivity contribution in [1.82, 2.24) is 9.80 Å². The molecule has 1 aromatic carbocycles. The van der Waals surface area contributed by atoms with E-state index in [9.17, 15) is 0 Å². The molecule has 0 amide bonds. The summed E-state index contributed by atoms with van der Waals surface area (Å²) in [6.45, 7) is 6.91. The fraction of sp³-hybridized carbons (Fsp3) is 0.538. The zero-order valence-corrected chi connectivity index (χ0v) is 10.7. The second-order valence-corrected chi connectivity index (χ2v) is 5.00. The molecule has 3 heteroatoms. The summed E-state index contributed by atoms with van der Waals surface area (Å²) in [6.07, 6.45) is 0. The molecule has 0 saturated carbocycles. The number of rotatable bonds is 2. The van der Waals surface area contributed by atoms with Gasteiger partial charge in [0, 0.05) is 37.2 Å². The second kappa shape index (κ2) is 5.17. The Kier molecular flexibility index (Phi) is 3.85. The number of benzene rings is 1. The van der Waals surface area contributed by atoms with Crippen molar-refractivity contribution in [3.05, 3.63) is 34.9 Å². The number of piperazine rings is 1. The first-order chi connectivity index (χ1) is 7.66. The van der Waals surface area contributed by atoms with Crippen LogP contribution in [0.15, 0.2) is 24.3 Å². The molecule has 1 aromatic rings. The number of halogens is 1. The molecule has 1 atom stereocenters. The van der Waals surface area contributed by atoms with Gasteiger partial charge in [-0.25, -0.2) is 0 Å². The van der Waals surface area contributed by atoms with Gasteiger partial charge in [0.2, 0.25) is 0 Å². The molecule has 0 bridgehead atoms. The Morgan fingerprint density at radius 2 is 1.62 bits per heavy atom. The van der Waals surface area contributed by atoms with Crippen LogP contribution in [0.25, 0.3) is 0 Å². The quantitative estimate of drug-likeness (QED) is 0.782. The van der Waals surface area contributed by atoms with E-state index in [0.29, 0.717) is 6.04 Å². The van der Waals surface area contributed by atoms with Crippen molar-refractivity contribution >= 4 is 11.6 Å². The largest absolute Gasteiger partial charge is 0.304 e. The molecule has 0 spiro atoms. The maximum atomic E-state index is 5.90. The van der Waals surface area contributed by atoms with E-state index >= 15 is 0 Å². The molecule has 1 heterocycles. The Morgan fingerprint density at radius 1 is 1.06 bits per heavy atom. The maximum absolute atomic E-state index is 5.90. The summed E-state index contributed by atoms with van der Waals surface area (Å²) < 4.78 is 0. The average Bonchev–Trinajstić information content (AvgIpc) is 2.30. The molecule has 1 aliphatic heterocycles. The van der Waals surface area contributed by atoms with Crippen molar-refractivity contribution in [2.75, 3.05) is 33.2 Å². The van der Waals surface area contributed by atoms with Gasteiger partial charge in [-0.05, 0) is 31.7 Å². The van der Waals surface area contributed by atoms with E-state index in [0.717, 1.165) is 31.2 Å². The molecule has 2 nitrogen and oxygen atoms in total. The van der Waals surface area contributed by atoms with E-state index in [1.54, 1.807) is 0 Å². The first kappa shape index (κ1) is 11.9. The summed E-state index contributed by atoms with van der Waals surface area (Å²) in [5.41, 5.74) is 1.36. The minimum atomic E-state index is 0.492. The predicted molar refractivity (Wildman–Crippen MR) is 68.9 cm³/mol. The van der Waals surface area contributed by atoms with Gasteiger partial charge < -0.3 is 4.90 Å². The van der Waals surface area contributed by atoms with E-state index in [1.807, 2.05) is 12.1 Å². The molecule has 0 radical (unpaired) electrons. The third-order valence-corrected chi connectivity index (χ3v) is 3.69. The van der Waals surface area contributed by atoms with Crippen LogP contribution in [-0.2, 0) is 0 Å². The highest BCUT2D eigenvalue weighted by molar-refractivity contribution is 6.30. The van der Waals surface area contributed by atoms with Gasteiger partial charge in [-0.1, -0.05) is 23.7 Å². The molecule has 1 saturated heterocycles. The van der Waals surface area contributed by atoms with E-state index in [1.165, 1.54) is 5.56 Å². The SMILES string of the molecule is C[C@@H](c1ccc(Cl)cc1)N1CCN(C)CC1. The lowest BCUT2D eigenvalue weighted by atomic mass is 10.1. The van der Waals surface area contributed by atoms with Crippen LogP contribution in [0.3, 0.4) is 0 Å². The smallest absolute Gasteiger partial charge is 0.0406 e. The Morgan fingerprint density at radius 3 is 2.19 bits per heavy atom. The molecule has 0 aromatic heterocycles. The Balaban J connectivity index is 2.01. The van der Waals surface area contributed by atoms with Gasteiger partial charge in [-0.15, -0.1) is 0 Å². The van der Waals surface area contributed by atoms with Crippen LogP contribution in [-0.4, -0.2) is 43.0 Å². The maximum Gasteiger partial charge on any atom is 0.0406 e. The van der Waals surface area contributed by atoms with Gasteiger partial charge >= 0.3 is 0 Å². The van der Waals surface area contributed by atoms with E-state index in [4.69, 9.17) is 11.6 Å². The molecule has 2 rings (SSSR count). The van der Waals surface area contributed by atoms with Crippen LogP contribution in [0.1, 0.15) is 18.5 Å². The third kappa shape index (κ3) is 2.76. The number of hydrogen-bond acceptors (Lipinski definition) is 2. The number of nitrogens with zero attached hydrogens (tertiary/aromatic N) is 2. The Bertz CT molecular complexity index is 328. The lowest BCUT2D eigenvalue weighted by molar-refractivity contribution is 0.119. The second-order valence-electron chi connectivity index (χ2n) is 4.57. The van der Waals surface area contributed by atoms with Crippen molar-refractivity contribution in [2.24, 2.45) is 0 Å². The van der Waals surface area contributed by atoms with Gasteiger partial charge in [0.1, 0.15) is 0 Å². The van der Waals surface area contributed by atoms with Crippen molar-refractivity contribution in [1.29, 1.82) is 0 Å². The molecule has 1 fully saturated rings. The Labute approximate surface area is 103 Å². The molecule has 1 aliphatic rings. The molecule has 88 valence electrons. The highest BCUT2D eigenvalue weighted by Crippen LogP contribution is 2.22. The predicted octanol–water partition coefficient (Wildman–Crippen LogP) is 2.65. The highest BCUT2D eigenvalue weighted by atomic mass is 35.5. The monoisotopic (exact) mass is 238 g/mol. The fourth-order valence-electron chi connectivity index (χ4n) is 2.16. The van der Waals surface area contributed by atoms with Gasteiger partial charge in [0.05, 0.1) is 0 Å². The summed E-state index contributed by atoms with van der Waals surface area (Å²) in [4.78, 5) is 4.91. The van der Waals surface area contributed by atoms with Crippen molar-refractivity contribution in [3.63, 3.8) is 0 Å². The van der Waals surface area contributed by atoms with Gasteiger partial charge in [-0.2, -0.15) is 0 Å². The normalized spacial score (nSPS) is 20.9. The van der Waals surface area contributed by atoms with Crippen LogP contribution >= 0.6 is 11.6 Å². The summed E-state index contributed by atoms with van der Waals surface area (Å²) in [7, 11) is 2.18. The molecule has 0 N–H and O–H groups in total. The molecule has 16 heavy (non-hydrogen) atoms. The average molecular weight is 239 g/mol. The van der Waals surface area contributed by atoms with Crippen LogP contribution in [0.2, 0.25) is 5.02 Å².